The number of ketones is 1. The first-order valence-corrected chi connectivity index (χ1v) is 7.13. The second-order valence-corrected chi connectivity index (χ2v) is 5.52. The van der Waals surface area contributed by atoms with Crippen molar-refractivity contribution in [2.24, 2.45) is 0 Å². The van der Waals surface area contributed by atoms with Crippen molar-refractivity contribution in [2.75, 3.05) is 32.8 Å². The van der Waals surface area contributed by atoms with Crippen molar-refractivity contribution < 1.29 is 14.4 Å². The van der Waals surface area contributed by atoms with Crippen molar-refractivity contribution in [2.45, 2.75) is 0 Å². The molecule has 3 rings (SSSR count). The topological polar surface area (TPSA) is 30.7 Å². The summed E-state index contributed by atoms with van der Waals surface area (Å²) >= 11 is 1.65. The van der Waals surface area contributed by atoms with Crippen molar-refractivity contribution in [3.05, 3.63) is 35.2 Å². The summed E-state index contributed by atoms with van der Waals surface area (Å²) in [6, 6.07) is 8.11. The van der Waals surface area contributed by atoms with Gasteiger partial charge in [0.05, 0.1) is 13.2 Å². The van der Waals surface area contributed by atoms with E-state index in [0.29, 0.717) is 6.54 Å². The molecule has 18 heavy (non-hydrogen) atoms. The third-order valence-electron chi connectivity index (χ3n) is 3.39. The van der Waals surface area contributed by atoms with Crippen LogP contribution in [0.5, 0.6) is 0 Å². The highest BCUT2D eigenvalue weighted by atomic mass is 32.1. The van der Waals surface area contributed by atoms with E-state index >= 15 is 0 Å². The number of rotatable bonds is 3. The molecule has 1 aliphatic heterocycles. The molecule has 94 valence electrons. The molecule has 1 saturated heterocycles. The number of quaternary nitrogens is 1. The summed E-state index contributed by atoms with van der Waals surface area (Å²) in [6.07, 6.45) is 0. The molecule has 1 aromatic heterocycles. The summed E-state index contributed by atoms with van der Waals surface area (Å²) in [5.41, 5.74) is 0.884. The van der Waals surface area contributed by atoms with Crippen LogP contribution in [0.3, 0.4) is 0 Å². The first-order valence-electron chi connectivity index (χ1n) is 6.25. The molecule has 3 nitrogen and oxygen atoms in total. The molecule has 1 aliphatic rings. The van der Waals surface area contributed by atoms with Crippen LogP contribution >= 0.6 is 11.3 Å². The third kappa shape index (κ3) is 2.32. The second kappa shape index (κ2) is 5.18. The summed E-state index contributed by atoms with van der Waals surface area (Å²) in [7, 11) is 0. The summed E-state index contributed by atoms with van der Waals surface area (Å²) in [5.74, 6) is 0.254. The molecule has 1 aromatic carbocycles. The zero-order valence-corrected chi connectivity index (χ0v) is 11.0. The van der Waals surface area contributed by atoms with Crippen LogP contribution in [-0.4, -0.2) is 38.6 Å². The molecule has 0 aliphatic carbocycles. The smallest absolute Gasteiger partial charge is 0.218 e. The van der Waals surface area contributed by atoms with Gasteiger partial charge >= 0.3 is 0 Å². The number of fused-ring (bicyclic) bond motifs is 1. The maximum absolute atomic E-state index is 12.3. The van der Waals surface area contributed by atoms with Crippen molar-refractivity contribution in [1.82, 2.24) is 0 Å². The molecule has 2 aromatic rings. The summed E-state index contributed by atoms with van der Waals surface area (Å²) in [4.78, 5) is 13.7. The molecular weight excluding hydrogens is 246 g/mol. The first kappa shape index (κ1) is 11.8. The fourth-order valence-corrected chi connectivity index (χ4v) is 3.32. The van der Waals surface area contributed by atoms with Crippen LogP contribution in [0.4, 0.5) is 0 Å². The van der Waals surface area contributed by atoms with E-state index in [9.17, 15) is 4.79 Å². The van der Waals surface area contributed by atoms with Crippen LogP contribution in [0.2, 0.25) is 0 Å². The second-order valence-electron chi connectivity index (χ2n) is 4.61. The van der Waals surface area contributed by atoms with Gasteiger partial charge in [0.25, 0.3) is 0 Å². The Morgan fingerprint density at radius 1 is 1.28 bits per heavy atom. The first-order chi connectivity index (χ1) is 8.84. The van der Waals surface area contributed by atoms with E-state index in [1.165, 1.54) is 9.60 Å². The van der Waals surface area contributed by atoms with Gasteiger partial charge in [-0.3, -0.25) is 4.79 Å². The van der Waals surface area contributed by atoms with Crippen LogP contribution < -0.4 is 4.90 Å². The SMILES string of the molecule is O=C(C[NH+]1CCOCC1)c1csc2ccccc12. The fourth-order valence-electron chi connectivity index (χ4n) is 2.35. The zero-order chi connectivity index (χ0) is 12.4. The van der Waals surface area contributed by atoms with Crippen LogP contribution in [0.25, 0.3) is 10.1 Å². The number of thiophene rings is 1. The van der Waals surface area contributed by atoms with Crippen molar-refractivity contribution in [3.8, 4) is 0 Å². The monoisotopic (exact) mass is 262 g/mol. The quantitative estimate of drug-likeness (QED) is 0.837. The van der Waals surface area contributed by atoms with E-state index in [-0.39, 0.29) is 5.78 Å². The van der Waals surface area contributed by atoms with E-state index in [1.807, 2.05) is 23.6 Å². The van der Waals surface area contributed by atoms with E-state index in [1.54, 1.807) is 11.3 Å². The molecule has 0 spiro atoms. The lowest BCUT2D eigenvalue weighted by Crippen LogP contribution is -3.14. The molecule has 0 saturated carbocycles. The van der Waals surface area contributed by atoms with E-state index in [2.05, 4.69) is 6.07 Å². The van der Waals surface area contributed by atoms with E-state index in [0.717, 1.165) is 37.3 Å². The predicted molar refractivity (Wildman–Crippen MR) is 72.5 cm³/mol. The maximum atomic E-state index is 12.3. The van der Waals surface area contributed by atoms with Crippen LogP contribution in [0.1, 0.15) is 10.4 Å². The van der Waals surface area contributed by atoms with Gasteiger partial charge in [0.2, 0.25) is 5.78 Å². The Morgan fingerprint density at radius 3 is 2.89 bits per heavy atom. The van der Waals surface area contributed by atoms with Crippen LogP contribution in [0.15, 0.2) is 29.6 Å². The molecule has 1 fully saturated rings. The lowest BCUT2D eigenvalue weighted by atomic mass is 10.1. The van der Waals surface area contributed by atoms with Gasteiger partial charge in [0.1, 0.15) is 19.6 Å². The lowest BCUT2D eigenvalue weighted by Gasteiger charge is -2.22. The van der Waals surface area contributed by atoms with Gasteiger partial charge in [-0.2, -0.15) is 0 Å². The van der Waals surface area contributed by atoms with Gasteiger partial charge in [0.15, 0.2) is 0 Å². The Balaban J connectivity index is 1.79. The number of benzene rings is 1. The Kier molecular flexibility index (Phi) is 3.41. The highest BCUT2D eigenvalue weighted by Crippen LogP contribution is 2.25. The van der Waals surface area contributed by atoms with Crippen LogP contribution in [0, 0.1) is 0 Å². The number of morpholine rings is 1. The van der Waals surface area contributed by atoms with Gasteiger partial charge in [-0.05, 0) is 6.07 Å². The van der Waals surface area contributed by atoms with Crippen LogP contribution in [-0.2, 0) is 4.74 Å². The minimum absolute atomic E-state index is 0.254. The fraction of sp³-hybridized carbons (Fsp3) is 0.357. The number of nitrogens with one attached hydrogen (secondary N) is 1. The Bertz CT molecular complexity index is 558. The van der Waals surface area contributed by atoms with Gasteiger partial charge in [-0.1, -0.05) is 18.2 Å². The molecular formula is C14H16NO2S+. The third-order valence-corrected chi connectivity index (χ3v) is 4.36. The number of Topliss-reactive ketones (excluding diaryl/α,β-unsaturated/α-hetero) is 1. The number of carbonyl (C=O) groups is 1. The zero-order valence-electron chi connectivity index (χ0n) is 10.1. The Labute approximate surface area is 110 Å². The van der Waals surface area contributed by atoms with Crippen molar-refractivity contribution >= 4 is 27.2 Å². The predicted octanol–water partition coefficient (Wildman–Crippen LogP) is 0.999. The summed E-state index contributed by atoms with van der Waals surface area (Å²) in [5, 5.41) is 3.09. The molecule has 0 radical (unpaired) electrons. The van der Waals surface area contributed by atoms with E-state index < -0.39 is 0 Å². The van der Waals surface area contributed by atoms with Crippen molar-refractivity contribution in [3.63, 3.8) is 0 Å². The molecule has 0 unspecified atom stereocenters. The van der Waals surface area contributed by atoms with Gasteiger partial charge in [-0.25, -0.2) is 0 Å². The molecule has 1 N–H and O–H groups in total. The van der Waals surface area contributed by atoms with Gasteiger partial charge < -0.3 is 9.64 Å². The number of hydrogen-bond acceptors (Lipinski definition) is 3. The minimum atomic E-state index is 0.254. The number of hydrogen-bond donors (Lipinski definition) is 1. The standard InChI is InChI=1S/C14H15NO2S/c16-13(9-15-5-7-17-8-6-15)12-10-18-14-4-2-1-3-11(12)14/h1-4,10H,5-9H2/p+1. The van der Waals surface area contributed by atoms with Gasteiger partial charge in [0, 0.05) is 21.0 Å². The average molecular weight is 262 g/mol. The Hall–Kier alpha value is -1.23. The van der Waals surface area contributed by atoms with E-state index in [4.69, 9.17) is 4.74 Å². The van der Waals surface area contributed by atoms with Gasteiger partial charge in [-0.15, -0.1) is 11.3 Å². The highest BCUT2D eigenvalue weighted by molar-refractivity contribution is 7.17. The average Bonchev–Trinajstić information content (AvgIpc) is 2.84. The molecule has 2 heterocycles. The molecule has 0 atom stereocenters. The summed E-state index contributed by atoms with van der Waals surface area (Å²) < 4.78 is 6.50. The number of carbonyl (C=O) groups excluding carboxylic acids is 1. The minimum Gasteiger partial charge on any atom is -0.370 e. The maximum Gasteiger partial charge on any atom is 0.218 e. The lowest BCUT2D eigenvalue weighted by molar-refractivity contribution is -0.899. The molecule has 4 heteroatoms. The number of ether oxygens (including phenoxy) is 1. The largest absolute Gasteiger partial charge is 0.370 e. The molecule has 0 amide bonds. The molecule has 0 bridgehead atoms. The van der Waals surface area contributed by atoms with Crippen molar-refractivity contribution in [1.29, 1.82) is 0 Å². The highest BCUT2D eigenvalue weighted by Gasteiger charge is 2.20. The summed E-state index contributed by atoms with van der Waals surface area (Å²) in [6.45, 7) is 4.01. The normalized spacial score (nSPS) is 17.1. The Morgan fingerprint density at radius 2 is 2.06 bits per heavy atom.